The first kappa shape index (κ1) is 14.3. The SMILES string of the molecule is Cc1c(C(C)C)cc(C(C)C)c(C(C)C)c1C. The van der Waals surface area contributed by atoms with E-state index in [1.54, 1.807) is 11.1 Å². The Morgan fingerprint density at radius 1 is 0.647 bits per heavy atom. The van der Waals surface area contributed by atoms with Crippen LogP contribution in [-0.2, 0) is 0 Å². The molecule has 0 nitrogen and oxygen atoms in total. The number of hydrogen-bond acceptors (Lipinski definition) is 0. The zero-order valence-electron chi connectivity index (χ0n) is 12.8. The first-order valence-electron chi connectivity index (χ1n) is 6.91. The van der Waals surface area contributed by atoms with E-state index in [-0.39, 0.29) is 0 Å². The van der Waals surface area contributed by atoms with Crippen LogP contribution in [0.5, 0.6) is 0 Å². The van der Waals surface area contributed by atoms with Crippen molar-refractivity contribution in [2.75, 3.05) is 0 Å². The summed E-state index contributed by atoms with van der Waals surface area (Å²) >= 11 is 0. The largest absolute Gasteiger partial charge is 0.0587 e. The summed E-state index contributed by atoms with van der Waals surface area (Å²) in [7, 11) is 0. The molecule has 0 spiro atoms. The van der Waals surface area contributed by atoms with Crippen LogP contribution in [0.25, 0.3) is 0 Å². The summed E-state index contributed by atoms with van der Waals surface area (Å²) in [5, 5.41) is 0. The molecule has 1 rings (SSSR count). The summed E-state index contributed by atoms with van der Waals surface area (Å²) in [4.78, 5) is 0. The van der Waals surface area contributed by atoms with E-state index in [2.05, 4.69) is 61.5 Å². The third-order valence-corrected chi connectivity index (χ3v) is 3.84. The van der Waals surface area contributed by atoms with E-state index in [4.69, 9.17) is 0 Å². The van der Waals surface area contributed by atoms with Crippen molar-refractivity contribution in [3.8, 4) is 0 Å². The molecule has 0 fully saturated rings. The molecule has 1 aromatic rings. The Bertz CT molecular complexity index is 395. The average Bonchev–Trinajstić information content (AvgIpc) is 2.19. The van der Waals surface area contributed by atoms with Gasteiger partial charge in [0.15, 0.2) is 0 Å². The minimum Gasteiger partial charge on any atom is -0.0587 e. The van der Waals surface area contributed by atoms with Crippen LogP contribution in [0.3, 0.4) is 0 Å². The van der Waals surface area contributed by atoms with Crippen LogP contribution in [-0.4, -0.2) is 0 Å². The smallest absolute Gasteiger partial charge is 0.0213 e. The highest BCUT2D eigenvalue weighted by Gasteiger charge is 2.18. The van der Waals surface area contributed by atoms with E-state index >= 15 is 0 Å². The molecule has 0 unspecified atom stereocenters. The Balaban J connectivity index is 3.57. The Hall–Kier alpha value is -0.780. The maximum absolute atomic E-state index is 2.45. The van der Waals surface area contributed by atoms with Crippen LogP contribution < -0.4 is 0 Å². The number of benzene rings is 1. The Labute approximate surface area is 107 Å². The van der Waals surface area contributed by atoms with Gasteiger partial charge in [-0.25, -0.2) is 0 Å². The lowest BCUT2D eigenvalue weighted by Gasteiger charge is -2.24. The van der Waals surface area contributed by atoms with Gasteiger partial charge in [0, 0.05) is 0 Å². The molecule has 0 aliphatic heterocycles. The van der Waals surface area contributed by atoms with Gasteiger partial charge in [0.1, 0.15) is 0 Å². The van der Waals surface area contributed by atoms with Gasteiger partial charge in [0.05, 0.1) is 0 Å². The molecule has 0 heteroatoms. The van der Waals surface area contributed by atoms with Gasteiger partial charge in [-0.2, -0.15) is 0 Å². The normalized spacial score (nSPS) is 11.9. The second-order valence-corrected chi connectivity index (χ2v) is 6.18. The summed E-state index contributed by atoms with van der Waals surface area (Å²) in [5.74, 6) is 1.85. The molecule has 0 N–H and O–H groups in total. The first-order chi connectivity index (χ1) is 7.77. The van der Waals surface area contributed by atoms with Gasteiger partial charge in [0.25, 0.3) is 0 Å². The van der Waals surface area contributed by atoms with Gasteiger partial charge in [-0.15, -0.1) is 0 Å². The van der Waals surface area contributed by atoms with Crippen molar-refractivity contribution in [2.24, 2.45) is 0 Å². The van der Waals surface area contributed by atoms with Crippen LogP contribution in [0, 0.1) is 13.8 Å². The van der Waals surface area contributed by atoms with Crippen molar-refractivity contribution >= 4 is 0 Å². The van der Waals surface area contributed by atoms with Crippen molar-refractivity contribution in [3.63, 3.8) is 0 Å². The Kier molecular flexibility index (Phi) is 4.41. The molecule has 0 radical (unpaired) electrons. The second kappa shape index (κ2) is 5.25. The van der Waals surface area contributed by atoms with E-state index in [9.17, 15) is 0 Å². The van der Waals surface area contributed by atoms with Gasteiger partial charge in [-0.05, 0) is 59.4 Å². The van der Waals surface area contributed by atoms with Crippen LogP contribution in [0.4, 0.5) is 0 Å². The van der Waals surface area contributed by atoms with Crippen molar-refractivity contribution in [2.45, 2.75) is 73.1 Å². The molecule has 0 saturated carbocycles. The van der Waals surface area contributed by atoms with Crippen LogP contribution in [0.15, 0.2) is 6.07 Å². The zero-order valence-corrected chi connectivity index (χ0v) is 12.8. The molecule has 0 saturated heterocycles. The summed E-state index contributed by atoms with van der Waals surface area (Å²) < 4.78 is 0. The molecular weight excluding hydrogens is 204 g/mol. The Morgan fingerprint density at radius 2 is 1.12 bits per heavy atom. The quantitative estimate of drug-likeness (QED) is 0.629. The number of rotatable bonds is 3. The van der Waals surface area contributed by atoms with Crippen LogP contribution in [0.2, 0.25) is 0 Å². The predicted octanol–water partition coefficient (Wildman–Crippen LogP) is 5.67. The lowest BCUT2D eigenvalue weighted by atomic mass is 9.81. The van der Waals surface area contributed by atoms with Gasteiger partial charge in [-0.3, -0.25) is 0 Å². The molecular formula is C17H28. The lowest BCUT2D eigenvalue weighted by Crippen LogP contribution is -2.07. The highest BCUT2D eigenvalue weighted by atomic mass is 14.2. The van der Waals surface area contributed by atoms with Crippen molar-refractivity contribution in [1.29, 1.82) is 0 Å². The van der Waals surface area contributed by atoms with Crippen molar-refractivity contribution in [1.82, 2.24) is 0 Å². The molecule has 0 aliphatic rings. The highest BCUT2D eigenvalue weighted by Crippen LogP contribution is 2.35. The topological polar surface area (TPSA) is 0 Å². The maximum atomic E-state index is 2.45. The minimum absolute atomic E-state index is 0.615. The monoisotopic (exact) mass is 232 g/mol. The summed E-state index contributed by atoms with van der Waals surface area (Å²) in [5.41, 5.74) is 7.65. The molecule has 0 bridgehead atoms. The first-order valence-corrected chi connectivity index (χ1v) is 6.91. The van der Waals surface area contributed by atoms with Gasteiger partial charge in [0.2, 0.25) is 0 Å². The minimum atomic E-state index is 0.615. The third kappa shape index (κ3) is 2.73. The molecule has 0 amide bonds. The molecule has 96 valence electrons. The third-order valence-electron chi connectivity index (χ3n) is 3.84. The van der Waals surface area contributed by atoms with Gasteiger partial charge < -0.3 is 0 Å². The second-order valence-electron chi connectivity index (χ2n) is 6.18. The van der Waals surface area contributed by atoms with Crippen molar-refractivity contribution < 1.29 is 0 Å². The van der Waals surface area contributed by atoms with E-state index in [0.717, 1.165) is 0 Å². The maximum Gasteiger partial charge on any atom is -0.0213 e. The molecule has 1 aromatic carbocycles. The summed E-state index contributed by atoms with van der Waals surface area (Å²) in [6.45, 7) is 18.4. The fourth-order valence-corrected chi connectivity index (χ4v) is 2.83. The fourth-order valence-electron chi connectivity index (χ4n) is 2.83. The summed E-state index contributed by atoms with van der Waals surface area (Å²) in [6, 6.07) is 2.45. The standard InChI is InChI=1S/C17H28/c1-10(2)15-9-16(11(3)4)17(12(5)6)14(8)13(15)7/h9-12H,1-8H3. The van der Waals surface area contributed by atoms with E-state index in [1.807, 2.05) is 0 Å². The lowest BCUT2D eigenvalue weighted by molar-refractivity contribution is 0.765. The fraction of sp³-hybridized carbons (Fsp3) is 0.647. The Morgan fingerprint density at radius 3 is 1.47 bits per heavy atom. The van der Waals surface area contributed by atoms with E-state index < -0.39 is 0 Å². The molecule has 0 atom stereocenters. The average molecular weight is 232 g/mol. The number of hydrogen-bond donors (Lipinski definition) is 0. The zero-order chi connectivity index (χ0) is 13.3. The van der Waals surface area contributed by atoms with Crippen molar-refractivity contribution in [3.05, 3.63) is 33.9 Å². The predicted molar refractivity (Wildman–Crippen MR) is 78.2 cm³/mol. The molecule has 17 heavy (non-hydrogen) atoms. The van der Waals surface area contributed by atoms with Crippen LogP contribution in [0.1, 0.15) is 87.1 Å². The molecule has 0 heterocycles. The highest BCUT2D eigenvalue weighted by molar-refractivity contribution is 5.48. The van der Waals surface area contributed by atoms with E-state index in [0.29, 0.717) is 17.8 Å². The molecule has 0 aromatic heterocycles. The van der Waals surface area contributed by atoms with Gasteiger partial charge >= 0.3 is 0 Å². The molecule has 0 aliphatic carbocycles. The summed E-state index contributed by atoms with van der Waals surface area (Å²) in [6.07, 6.45) is 0. The van der Waals surface area contributed by atoms with Crippen LogP contribution >= 0.6 is 0 Å². The van der Waals surface area contributed by atoms with Gasteiger partial charge in [-0.1, -0.05) is 47.6 Å². The van der Waals surface area contributed by atoms with E-state index in [1.165, 1.54) is 16.7 Å².